The Balaban J connectivity index is 1.33. The van der Waals surface area contributed by atoms with E-state index in [1.54, 1.807) is 0 Å². The summed E-state index contributed by atoms with van der Waals surface area (Å²) >= 11 is 0. The normalized spacial score (nSPS) is 11.6. The van der Waals surface area contributed by atoms with Crippen molar-refractivity contribution in [2.45, 2.75) is 0 Å². The van der Waals surface area contributed by atoms with Crippen LogP contribution >= 0.6 is 0 Å². The molecule has 0 fully saturated rings. The van der Waals surface area contributed by atoms with Gasteiger partial charge in [-0.1, -0.05) is 121 Å². The number of hydrogen-bond acceptors (Lipinski definition) is 2. The van der Waals surface area contributed by atoms with Gasteiger partial charge < -0.3 is 9.32 Å². The fraction of sp³-hybridized carbons (Fsp3) is 0. The largest absolute Gasteiger partial charge is 0.456 e. The minimum atomic E-state index is 0.879. The zero-order valence-corrected chi connectivity index (χ0v) is 23.9. The third kappa shape index (κ3) is 3.89. The van der Waals surface area contributed by atoms with Crippen LogP contribution in [-0.4, -0.2) is 0 Å². The molecule has 0 aliphatic heterocycles. The summed E-state index contributed by atoms with van der Waals surface area (Å²) in [5, 5.41) is 9.75. The molecular weight excluding hydrogens is 534 g/mol. The van der Waals surface area contributed by atoms with Gasteiger partial charge in [0.1, 0.15) is 11.2 Å². The van der Waals surface area contributed by atoms with Gasteiger partial charge in [0.25, 0.3) is 0 Å². The Morgan fingerprint density at radius 1 is 0.364 bits per heavy atom. The van der Waals surface area contributed by atoms with Crippen LogP contribution in [0.2, 0.25) is 0 Å². The molecular formula is C42H27NO. The van der Waals surface area contributed by atoms with Crippen molar-refractivity contribution in [2.24, 2.45) is 0 Å². The van der Waals surface area contributed by atoms with Crippen molar-refractivity contribution in [3.05, 3.63) is 164 Å². The Bertz CT molecular complexity index is 2510. The topological polar surface area (TPSA) is 16.4 Å². The van der Waals surface area contributed by atoms with Crippen molar-refractivity contribution in [1.29, 1.82) is 0 Å². The molecule has 0 unspecified atom stereocenters. The van der Waals surface area contributed by atoms with E-state index < -0.39 is 0 Å². The van der Waals surface area contributed by atoms with Gasteiger partial charge in [-0.15, -0.1) is 0 Å². The zero-order valence-electron chi connectivity index (χ0n) is 23.9. The highest BCUT2D eigenvalue weighted by Gasteiger charge is 2.19. The van der Waals surface area contributed by atoms with Crippen LogP contribution in [0.3, 0.4) is 0 Å². The summed E-state index contributed by atoms with van der Waals surface area (Å²) in [6.45, 7) is 0. The zero-order chi connectivity index (χ0) is 29.0. The average molecular weight is 562 g/mol. The first kappa shape index (κ1) is 24.7. The number of hydrogen-bond donors (Lipinski definition) is 0. The predicted octanol–water partition coefficient (Wildman–Crippen LogP) is 12.2. The molecule has 9 aromatic rings. The fourth-order valence-corrected chi connectivity index (χ4v) is 6.78. The van der Waals surface area contributed by atoms with Crippen molar-refractivity contribution in [3.8, 4) is 11.1 Å². The van der Waals surface area contributed by atoms with Gasteiger partial charge in [-0.3, -0.25) is 0 Å². The van der Waals surface area contributed by atoms with E-state index in [4.69, 9.17) is 4.42 Å². The van der Waals surface area contributed by atoms with Gasteiger partial charge in [0.05, 0.1) is 5.69 Å². The molecule has 2 nitrogen and oxygen atoms in total. The lowest BCUT2D eigenvalue weighted by atomic mass is 9.95. The highest BCUT2D eigenvalue weighted by atomic mass is 16.3. The van der Waals surface area contributed by atoms with Crippen LogP contribution in [0.15, 0.2) is 168 Å². The van der Waals surface area contributed by atoms with E-state index in [9.17, 15) is 0 Å². The number of nitrogens with zero attached hydrogens (tertiary/aromatic N) is 1. The summed E-state index contributed by atoms with van der Waals surface area (Å²) in [4.78, 5) is 2.37. The Morgan fingerprint density at radius 2 is 1.02 bits per heavy atom. The van der Waals surface area contributed by atoms with Crippen molar-refractivity contribution in [2.75, 3.05) is 4.90 Å². The molecule has 0 aliphatic rings. The minimum absolute atomic E-state index is 0.879. The van der Waals surface area contributed by atoms with Crippen LogP contribution < -0.4 is 4.90 Å². The summed E-state index contributed by atoms with van der Waals surface area (Å²) in [6.07, 6.45) is 0. The molecule has 0 spiro atoms. The summed E-state index contributed by atoms with van der Waals surface area (Å²) in [5.41, 5.74) is 7.41. The van der Waals surface area contributed by atoms with E-state index >= 15 is 0 Å². The monoisotopic (exact) mass is 561 g/mol. The van der Waals surface area contributed by atoms with Crippen LogP contribution in [0.4, 0.5) is 17.1 Å². The van der Waals surface area contributed by atoms with E-state index in [-0.39, 0.29) is 0 Å². The molecule has 0 aliphatic carbocycles. The molecule has 206 valence electrons. The summed E-state index contributed by atoms with van der Waals surface area (Å²) in [6, 6.07) is 58.6. The summed E-state index contributed by atoms with van der Waals surface area (Å²) < 4.78 is 6.37. The molecule has 1 heterocycles. The molecule has 0 radical (unpaired) electrons. The lowest BCUT2D eigenvalue weighted by molar-refractivity contribution is 0.669. The fourth-order valence-electron chi connectivity index (χ4n) is 6.78. The van der Waals surface area contributed by atoms with Gasteiger partial charge in [-0.25, -0.2) is 0 Å². The van der Waals surface area contributed by atoms with E-state index in [0.717, 1.165) is 39.0 Å². The highest BCUT2D eigenvalue weighted by molar-refractivity contribution is 6.22. The Hall–Kier alpha value is -5.86. The average Bonchev–Trinajstić information content (AvgIpc) is 3.47. The molecule has 0 saturated heterocycles. The summed E-state index contributed by atoms with van der Waals surface area (Å²) in [5.74, 6) is 0. The quantitative estimate of drug-likeness (QED) is 0.199. The number of anilines is 3. The number of furan rings is 1. The molecule has 1 aromatic heterocycles. The van der Waals surface area contributed by atoms with Crippen LogP contribution in [0.25, 0.3) is 65.4 Å². The smallest absolute Gasteiger partial charge is 0.137 e. The first-order chi connectivity index (χ1) is 21.8. The number of benzene rings is 8. The molecule has 0 bridgehead atoms. The maximum Gasteiger partial charge on any atom is 0.137 e. The first-order valence-electron chi connectivity index (χ1n) is 15.0. The lowest BCUT2D eigenvalue weighted by Gasteiger charge is -2.27. The molecule has 0 saturated carbocycles. The number of para-hydroxylation sites is 1. The van der Waals surface area contributed by atoms with E-state index in [1.807, 2.05) is 12.1 Å². The Labute approximate surface area is 255 Å². The molecule has 8 aromatic carbocycles. The van der Waals surface area contributed by atoms with E-state index in [1.165, 1.54) is 43.4 Å². The molecule has 0 atom stereocenters. The van der Waals surface area contributed by atoms with Crippen LogP contribution in [0.5, 0.6) is 0 Å². The van der Waals surface area contributed by atoms with E-state index in [2.05, 4.69) is 157 Å². The van der Waals surface area contributed by atoms with Crippen molar-refractivity contribution in [3.63, 3.8) is 0 Å². The van der Waals surface area contributed by atoms with Crippen LogP contribution in [-0.2, 0) is 0 Å². The molecule has 2 heteroatoms. The molecule has 44 heavy (non-hydrogen) atoms. The van der Waals surface area contributed by atoms with Crippen LogP contribution in [0, 0.1) is 0 Å². The highest BCUT2D eigenvalue weighted by Crippen LogP contribution is 2.44. The SMILES string of the molecule is c1ccc(-c2cccc(N(c3ccc4c(c3)oc3ccccc34)c3cccc4c3ccc3ccc5ccccc5c34)c2)cc1. The van der Waals surface area contributed by atoms with Gasteiger partial charge in [0, 0.05) is 33.6 Å². The number of rotatable bonds is 4. The Morgan fingerprint density at radius 3 is 1.95 bits per heavy atom. The lowest BCUT2D eigenvalue weighted by Crippen LogP contribution is -2.10. The van der Waals surface area contributed by atoms with E-state index in [0.29, 0.717) is 0 Å². The van der Waals surface area contributed by atoms with Gasteiger partial charge in [-0.05, 0) is 74.5 Å². The third-order valence-corrected chi connectivity index (χ3v) is 8.82. The number of fused-ring (bicyclic) bond motifs is 8. The van der Waals surface area contributed by atoms with Gasteiger partial charge >= 0.3 is 0 Å². The Kier molecular flexibility index (Phi) is 5.54. The standard InChI is InChI=1S/C42H27NO/c1-2-10-28(11-3-1)31-13-8-14-32(26-31)43(33-23-25-37-36-16-6-7-19-40(36)44-41(37)27-33)39-18-9-17-38-35(39)24-22-30-21-20-29-12-4-5-15-34(29)42(30)38/h1-27H. The maximum atomic E-state index is 6.37. The molecule has 9 rings (SSSR count). The van der Waals surface area contributed by atoms with Crippen molar-refractivity contribution < 1.29 is 4.42 Å². The van der Waals surface area contributed by atoms with Crippen molar-refractivity contribution >= 4 is 71.3 Å². The maximum absolute atomic E-state index is 6.37. The van der Waals surface area contributed by atoms with Gasteiger partial charge in [0.15, 0.2) is 0 Å². The third-order valence-electron chi connectivity index (χ3n) is 8.82. The molecule has 0 amide bonds. The second-order valence-corrected chi connectivity index (χ2v) is 11.4. The minimum Gasteiger partial charge on any atom is -0.456 e. The van der Waals surface area contributed by atoms with Gasteiger partial charge in [0.2, 0.25) is 0 Å². The second kappa shape index (κ2) is 9.86. The summed E-state index contributed by atoms with van der Waals surface area (Å²) in [7, 11) is 0. The first-order valence-corrected chi connectivity index (χ1v) is 15.0. The second-order valence-electron chi connectivity index (χ2n) is 11.4. The molecule has 0 N–H and O–H groups in total. The van der Waals surface area contributed by atoms with Gasteiger partial charge in [-0.2, -0.15) is 0 Å². The predicted molar refractivity (Wildman–Crippen MR) is 186 cm³/mol. The van der Waals surface area contributed by atoms with Crippen LogP contribution in [0.1, 0.15) is 0 Å². The van der Waals surface area contributed by atoms with Crippen molar-refractivity contribution in [1.82, 2.24) is 0 Å².